The molecule has 3 N–H and O–H groups in total. The predicted molar refractivity (Wildman–Crippen MR) is 96.9 cm³/mol. The van der Waals surface area contributed by atoms with Gasteiger partial charge < -0.3 is 10.6 Å². The van der Waals surface area contributed by atoms with Crippen molar-refractivity contribution in [1.82, 2.24) is 15.7 Å². The van der Waals surface area contributed by atoms with E-state index in [1.54, 1.807) is 0 Å². The van der Waals surface area contributed by atoms with Gasteiger partial charge in [0.15, 0.2) is 0 Å². The highest BCUT2D eigenvalue weighted by Crippen LogP contribution is 2.21. The Balaban J connectivity index is 5.24. The lowest BCUT2D eigenvalue weighted by molar-refractivity contribution is -0.155. The highest BCUT2D eigenvalue weighted by Gasteiger charge is 2.36. The molecule has 146 valence electrons. The second-order valence-electron chi connectivity index (χ2n) is 8.61. The standard InChI is InChI=1S/C18H35N3O4/c1-8-9-10-13(11-21(25)12-22)15(23)19-14(17(2,3)4)16(24)20-18(5,6)7/h12-14,25H,8-11H2,1-7H3,(H,19,23)(H,20,24). The quantitative estimate of drug-likeness (QED) is 0.334. The number of carbonyl (C=O) groups is 3. The zero-order valence-electron chi connectivity index (χ0n) is 16.7. The van der Waals surface area contributed by atoms with E-state index in [0.29, 0.717) is 11.5 Å². The van der Waals surface area contributed by atoms with Crippen LogP contribution in [-0.4, -0.2) is 46.6 Å². The summed E-state index contributed by atoms with van der Waals surface area (Å²) in [5, 5.41) is 15.6. The SMILES string of the molecule is CCCCC(CN(O)C=O)C(=O)NC(C(=O)NC(C)(C)C)C(C)(C)C. The summed E-state index contributed by atoms with van der Waals surface area (Å²) in [7, 11) is 0. The topological polar surface area (TPSA) is 98.7 Å². The zero-order chi connectivity index (χ0) is 19.8. The summed E-state index contributed by atoms with van der Waals surface area (Å²) in [6.07, 6.45) is 2.49. The molecule has 25 heavy (non-hydrogen) atoms. The van der Waals surface area contributed by atoms with Gasteiger partial charge in [-0.1, -0.05) is 40.5 Å². The monoisotopic (exact) mass is 357 g/mol. The van der Waals surface area contributed by atoms with Gasteiger partial charge in [0.05, 0.1) is 12.5 Å². The largest absolute Gasteiger partial charge is 0.350 e. The van der Waals surface area contributed by atoms with Gasteiger partial charge in [-0.3, -0.25) is 19.6 Å². The fraction of sp³-hybridized carbons (Fsp3) is 0.833. The minimum atomic E-state index is -0.716. The molecule has 7 nitrogen and oxygen atoms in total. The molecule has 2 atom stereocenters. The number of nitrogens with zero attached hydrogens (tertiary/aromatic N) is 1. The van der Waals surface area contributed by atoms with E-state index in [0.717, 1.165) is 12.8 Å². The van der Waals surface area contributed by atoms with Gasteiger partial charge >= 0.3 is 0 Å². The fourth-order valence-corrected chi connectivity index (χ4v) is 2.40. The molecule has 0 radical (unpaired) electrons. The van der Waals surface area contributed by atoms with Crippen LogP contribution in [0.5, 0.6) is 0 Å². The summed E-state index contributed by atoms with van der Waals surface area (Å²) >= 11 is 0. The van der Waals surface area contributed by atoms with Crippen molar-refractivity contribution in [3.8, 4) is 0 Å². The molecule has 0 aromatic carbocycles. The molecule has 0 aliphatic heterocycles. The van der Waals surface area contributed by atoms with Gasteiger partial charge in [0.25, 0.3) is 0 Å². The first-order chi connectivity index (χ1) is 11.3. The Kier molecular flexibility index (Phi) is 9.11. The predicted octanol–water partition coefficient (Wildman–Crippen LogP) is 2.09. The summed E-state index contributed by atoms with van der Waals surface area (Å²) in [6.45, 7) is 13.2. The summed E-state index contributed by atoms with van der Waals surface area (Å²) in [6, 6.07) is -0.716. The van der Waals surface area contributed by atoms with Gasteiger partial charge in [-0.25, -0.2) is 5.06 Å². The number of amides is 3. The molecule has 0 rings (SSSR count). The fourth-order valence-electron chi connectivity index (χ4n) is 2.40. The molecule has 0 aromatic rings. The Hall–Kier alpha value is -1.63. The maximum atomic E-state index is 12.7. The first kappa shape index (κ1) is 23.4. The summed E-state index contributed by atoms with van der Waals surface area (Å²) in [4.78, 5) is 36.0. The Bertz CT molecular complexity index is 452. The molecule has 3 amide bonds. The van der Waals surface area contributed by atoms with Gasteiger partial charge in [-0.2, -0.15) is 0 Å². The zero-order valence-corrected chi connectivity index (χ0v) is 16.7. The van der Waals surface area contributed by atoms with Gasteiger partial charge in [0.2, 0.25) is 18.2 Å². The van der Waals surface area contributed by atoms with Crippen molar-refractivity contribution in [2.24, 2.45) is 11.3 Å². The minimum absolute atomic E-state index is 0.0902. The molecule has 0 saturated heterocycles. The molecule has 0 aromatic heterocycles. The molecular weight excluding hydrogens is 322 g/mol. The smallest absolute Gasteiger partial charge is 0.243 e. The molecular formula is C18H35N3O4. The molecule has 0 saturated carbocycles. The van der Waals surface area contributed by atoms with Crippen LogP contribution in [0.25, 0.3) is 0 Å². The van der Waals surface area contributed by atoms with E-state index in [-0.39, 0.29) is 24.8 Å². The number of unbranched alkanes of at least 4 members (excludes halogenated alkanes) is 1. The lowest BCUT2D eigenvalue weighted by Gasteiger charge is -2.34. The van der Waals surface area contributed by atoms with Crippen LogP contribution in [0, 0.1) is 11.3 Å². The van der Waals surface area contributed by atoms with E-state index in [4.69, 9.17) is 0 Å². The van der Waals surface area contributed by atoms with Crippen molar-refractivity contribution in [2.75, 3.05) is 6.54 Å². The third-order valence-corrected chi connectivity index (χ3v) is 3.72. The van der Waals surface area contributed by atoms with Crippen LogP contribution >= 0.6 is 0 Å². The van der Waals surface area contributed by atoms with Crippen LogP contribution in [0.4, 0.5) is 0 Å². The molecule has 0 fully saturated rings. The molecule has 0 aliphatic rings. The normalized spacial score (nSPS) is 14.4. The van der Waals surface area contributed by atoms with Crippen molar-refractivity contribution in [3.05, 3.63) is 0 Å². The molecule has 0 heterocycles. The number of hydrogen-bond acceptors (Lipinski definition) is 4. The van der Waals surface area contributed by atoms with E-state index in [2.05, 4.69) is 10.6 Å². The van der Waals surface area contributed by atoms with Crippen molar-refractivity contribution in [2.45, 2.75) is 79.3 Å². The Labute approximate surface area is 151 Å². The molecule has 7 heteroatoms. The van der Waals surface area contributed by atoms with Crippen molar-refractivity contribution >= 4 is 18.2 Å². The van der Waals surface area contributed by atoms with E-state index in [1.165, 1.54) is 0 Å². The van der Waals surface area contributed by atoms with Crippen LogP contribution in [0.15, 0.2) is 0 Å². The number of hydroxylamine groups is 2. The van der Waals surface area contributed by atoms with Crippen LogP contribution < -0.4 is 10.6 Å². The van der Waals surface area contributed by atoms with Gasteiger partial charge in [-0.05, 0) is 32.6 Å². The Morgan fingerprint density at radius 1 is 1.12 bits per heavy atom. The lowest BCUT2D eigenvalue weighted by atomic mass is 9.85. The highest BCUT2D eigenvalue weighted by atomic mass is 16.5. The average Bonchev–Trinajstić information content (AvgIpc) is 2.45. The Morgan fingerprint density at radius 3 is 2.08 bits per heavy atom. The lowest BCUT2D eigenvalue weighted by Crippen LogP contribution is -2.58. The first-order valence-electron chi connectivity index (χ1n) is 8.85. The maximum absolute atomic E-state index is 12.7. The Morgan fingerprint density at radius 2 is 1.68 bits per heavy atom. The third-order valence-electron chi connectivity index (χ3n) is 3.72. The minimum Gasteiger partial charge on any atom is -0.350 e. The van der Waals surface area contributed by atoms with Gasteiger partial charge in [0.1, 0.15) is 6.04 Å². The third kappa shape index (κ3) is 9.43. The van der Waals surface area contributed by atoms with Crippen molar-refractivity contribution in [1.29, 1.82) is 0 Å². The average molecular weight is 357 g/mol. The van der Waals surface area contributed by atoms with E-state index in [9.17, 15) is 19.6 Å². The molecule has 2 unspecified atom stereocenters. The van der Waals surface area contributed by atoms with Crippen molar-refractivity contribution < 1.29 is 19.6 Å². The second kappa shape index (κ2) is 9.75. The summed E-state index contributed by atoms with van der Waals surface area (Å²) < 4.78 is 0. The number of rotatable bonds is 9. The van der Waals surface area contributed by atoms with E-state index < -0.39 is 22.9 Å². The number of hydrogen-bond donors (Lipinski definition) is 3. The van der Waals surface area contributed by atoms with Crippen LogP contribution in [0.3, 0.4) is 0 Å². The van der Waals surface area contributed by atoms with E-state index >= 15 is 0 Å². The van der Waals surface area contributed by atoms with Crippen LogP contribution in [-0.2, 0) is 14.4 Å². The second-order valence-corrected chi connectivity index (χ2v) is 8.61. The summed E-state index contributed by atoms with van der Waals surface area (Å²) in [5.41, 5.74) is -0.893. The highest BCUT2D eigenvalue weighted by molar-refractivity contribution is 5.89. The maximum Gasteiger partial charge on any atom is 0.243 e. The van der Waals surface area contributed by atoms with Crippen molar-refractivity contribution in [3.63, 3.8) is 0 Å². The van der Waals surface area contributed by atoms with Crippen LogP contribution in [0.2, 0.25) is 0 Å². The first-order valence-corrected chi connectivity index (χ1v) is 8.85. The molecule has 0 aliphatic carbocycles. The molecule has 0 bridgehead atoms. The van der Waals surface area contributed by atoms with Gasteiger partial charge in [-0.15, -0.1) is 0 Å². The van der Waals surface area contributed by atoms with E-state index in [1.807, 2.05) is 48.5 Å². The number of nitrogens with one attached hydrogen (secondary N) is 2. The summed E-state index contributed by atoms with van der Waals surface area (Å²) in [5.74, 6) is -1.15. The van der Waals surface area contributed by atoms with Gasteiger partial charge in [0, 0.05) is 5.54 Å². The number of carbonyl (C=O) groups excluding carboxylic acids is 3. The van der Waals surface area contributed by atoms with Crippen LogP contribution in [0.1, 0.15) is 67.7 Å². The molecule has 0 spiro atoms.